The molecule has 1 N–H and O–H groups in total. The Hall–Kier alpha value is -1.20. The number of aromatic amines is 1. The van der Waals surface area contributed by atoms with Crippen LogP contribution in [0.3, 0.4) is 0 Å². The van der Waals surface area contributed by atoms with Crippen molar-refractivity contribution in [3.63, 3.8) is 0 Å². The van der Waals surface area contributed by atoms with Crippen LogP contribution in [-0.4, -0.2) is 32.9 Å². The van der Waals surface area contributed by atoms with Crippen LogP contribution in [0, 0.1) is 0 Å². The molecule has 114 valence electrons. The molecular formula is C16H24N4S. The van der Waals surface area contributed by atoms with Crippen molar-refractivity contribution in [1.82, 2.24) is 19.9 Å². The number of likely N-dealkylation sites (tertiary alicyclic amines) is 1. The molecule has 1 atom stereocenters. The quantitative estimate of drug-likeness (QED) is 0.887. The molecule has 0 saturated carbocycles. The topological polar surface area (TPSA) is 44.8 Å². The fourth-order valence-corrected chi connectivity index (χ4v) is 3.80. The highest BCUT2D eigenvalue weighted by Crippen LogP contribution is 2.28. The third kappa shape index (κ3) is 3.92. The zero-order valence-corrected chi connectivity index (χ0v) is 13.5. The van der Waals surface area contributed by atoms with E-state index in [9.17, 15) is 0 Å². The molecule has 4 nitrogen and oxygen atoms in total. The predicted octanol–water partition coefficient (Wildman–Crippen LogP) is 3.59. The largest absolute Gasteiger partial charge is 0.345 e. The Balaban J connectivity index is 1.56. The minimum Gasteiger partial charge on any atom is -0.345 e. The molecule has 1 aliphatic rings. The number of rotatable bonds is 6. The molecule has 2 aromatic heterocycles. The van der Waals surface area contributed by atoms with Crippen LogP contribution in [0.15, 0.2) is 17.8 Å². The Labute approximate surface area is 130 Å². The summed E-state index contributed by atoms with van der Waals surface area (Å²) in [6, 6.07) is 0. The zero-order chi connectivity index (χ0) is 14.5. The number of unbranched alkanes of at least 4 members (excludes halogenated alkanes) is 1. The summed E-state index contributed by atoms with van der Waals surface area (Å²) in [6.45, 7) is 5.51. The molecule has 0 aliphatic carbocycles. The fourth-order valence-electron chi connectivity index (χ4n) is 3.04. The Bertz CT molecular complexity index is 534. The Kier molecular flexibility index (Phi) is 5.04. The van der Waals surface area contributed by atoms with Gasteiger partial charge < -0.3 is 4.98 Å². The summed E-state index contributed by atoms with van der Waals surface area (Å²) in [5, 5.41) is 3.39. The minimum atomic E-state index is 0.612. The van der Waals surface area contributed by atoms with Gasteiger partial charge in [-0.2, -0.15) is 0 Å². The first-order valence-corrected chi connectivity index (χ1v) is 8.87. The van der Waals surface area contributed by atoms with E-state index < -0.39 is 0 Å². The molecule has 3 rings (SSSR count). The molecule has 1 unspecified atom stereocenters. The highest BCUT2D eigenvalue weighted by atomic mass is 32.1. The third-order valence-electron chi connectivity index (χ3n) is 4.15. The maximum atomic E-state index is 4.50. The van der Waals surface area contributed by atoms with Crippen molar-refractivity contribution in [2.75, 3.05) is 13.1 Å². The first-order valence-electron chi connectivity index (χ1n) is 7.99. The first kappa shape index (κ1) is 14.7. The van der Waals surface area contributed by atoms with Crippen molar-refractivity contribution in [3.8, 4) is 0 Å². The lowest BCUT2D eigenvalue weighted by Gasteiger charge is -2.31. The number of hydrogen-bond donors (Lipinski definition) is 1. The van der Waals surface area contributed by atoms with Crippen LogP contribution < -0.4 is 0 Å². The highest BCUT2D eigenvalue weighted by molar-refractivity contribution is 7.09. The van der Waals surface area contributed by atoms with Crippen molar-refractivity contribution >= 4 is 11.3 Å². The maximum Gasteiger partial charge on any atom is 0.106 e. The lowest BCUT2D eigenvalue weighted by molar-refractivity contribution is 0.198. The molecule has 0 spiro atoms. The predicted molar refractivity (Wildman–Crippen MR) is 86.6 cm³/mol. The van der Waals surface area contributed by atoms with Crippen LogP contribution in [0.1, 0.15) is 55.1 Å². The summed E-state index contributed by atoms with van der Waals surface area (Å²) >= 11 is 1.79. The van der Waals surface area contributed by atoms with E-state index in [1.165, 1.54) is 42.9 Å². The second kappa shape index (κ2) is 7.18. The van der Waals surface area contributed by atoms with Gasteiger partial charge in [0.05, 0.1) is 5.01 Å². The van der Waals surface area contributed by atoms with Gasteiger partial charge in [0, 0.05) is 48.9 Å². The maximum absolute atomic E-state index is 4.50. The number of aryl methyl sites for hydroxylation is 1. The summed E-state index contributed by atoms with van der Waals surface area (Å²) in [6.07, 6.45) is 9.97. The standard InChI is InChI=1S/C16H24N4S/c1-2-3-6-15-18-10-14(19-15)12-20-8-4-5-13(11-20)16-17-7-9-21-16/h7,9-10,13H,2-6,8,11-12H2,1H3,(H,18,19). The van der Waals surface area contributed by atoms with Crippen molar-refractivity contribution in [2.24, 2.45) is 0 Å². The van der Waals surface area contributed by atoms with Gasteiger partial charge in [-0.05, 0) is 25.8 Å². The SMILES string of the molecule is CCCCc1ncc(CN2CCCC(c3nccs3)C2)[nH]1. The van der Waals surface area contributed by atoms with Crippen LogP contribution >= 0.6 is 11.3 Å². The van der Waals surface area contributed by atoms with E-state index in [2.05, 4.69) is 32.2 Å². The third-order valence-corrected chi connectivity index (χ3v) is 5.09. The Morgan fingerprint density at radius 1 is 1.43 bits per heavy atom. The molecule has 1 fully saturated rings. The van der Waals surface area contributed by atoms with Crippen molar-refractivity contribution in [1.29, 1.82) is 0 Å². The zero-order valence-electron chi connectivity index (χ0n) is 12.7. The average molecular weight is 304 g/mol. The molecular weight excluding hydrogens is 280 g/mol. The van der Waals surface area contributed by atoms with Gasteiger partial charge in [-0.25, -0.2) is 9.97 Å². The second-order valence-electron chi connectivity index (χ2n) is 5.90. The molecule has 0 bridgehead atoms. The first-order chi connectivity index (χ1) is 10.3. The lowest BCUT2D eigenvalue weighted by atomic mass is 9.99. The van der Waals surface area contributed by atoms with Crippen molar-refractivity contribution in [3.05, 3.63) is 34.3 Å². The molecule has 21 heavy (non-hydrogen) atoms. The van der Waals surface area contributed by atoms with E-state index >= 15 is 0 Å². The fraction of sp³-hybridized carbons (Fsp3) is 0.625. The second-order valence-corrected chi connectivity index (χ2v) is 6.83. The van der Waals surface area contributed by atoms with E-state index in [4.69, 9.17) is 0 Å². The van der Waals surface area contributed by atoms with Gasteiger partial charge in [-0.1, -0.05) is 13.3 Å². The molecule has 1 saturated heterocycles. The van der Waals surface area contributed by atoms with Gasteiger partial charge in [0.2, 0.25) is 0 Å². The molecule has 1 aliphatic heterocycles. The van der Waals surface area contributed by atoms with Crippen molar-refractivity contribution < 1.29 is 0 Å². The average Bonchev–Trinajstić information content (AvgIpc) is 3.17. The number of piperidine rings is 1. The molecule has 0 aromatic carbocycles. The number of nitrogens with zero attached hydrogens (tertiary/aromatic N) is 3. The molecule has 2 aromatic rings. The number of imidazole rings is 1. The van der Waals surface area contributed by atoms with Gasteiger partial charge in [0.1, 0.15) is 5.82 Å². The van der Waals surface area contributed by atoms with E-state index in [1.807, 2.05) is 12.4 Å². The summed E-state index contributed by atoms with van der Waals surface area (Å²) in [5.41, 5.74) is 1.25. The van der Waals surface area contributed by atoms with E-state index in [1.54, 1.807) is 11.3 Å². The Morgan fingerprint density at radius 3 is 3.19 bits per heavy atom. The smallest absolute Gasteiger partial charge is 0.106 e. The Morgan fingerprint density at radius 2 is 2.38 bits per heavy atom. The van der Waals surface area contributed by atoms with Crippen molar-refractivity contribution in [2.45, 2.75) is 51.5 Å². The van der Waals surface area contributed by atoms with Crippen LogP contribution in [0.2, 0.25) is 0 Å². The number of nitrogens with one attached hydrogen (secondary N) is 1. The summed E-state index contributed by atoms with van der Waals surface area (Å²) < 4.78 is 0. The molecule has 0 radical (unpaired) electrons. The summed E-state index contributed by atoms with van der Waals surface area (Å²) in [4.78, 5) is 15.0. The summed E-state index contributed by atoms with van der Waals surface area (Å²) in [7, 11) is 0. The van der Waals surface area contributed by atoms with Gasteiger partial charge >= 0.3 is 0 Å². The van der Waals surface area contributed by atoms with Crippen LogP contribution in [-0.2, 0) is 13.0 Å². The number of hydrogen-bond acceptors (Lipinski definition) is 4. The van der Waals surface area contributed by atoms with Gasteiger partial charge in [0.15, 0.2) is 0 Å². The van der Waals surface area contributed by atoms with Gasteiger partial charge in [0.25, 0.3) is 0 Å². The van der Waals surface area contributed by atoms with Gasteiger partial charge in [-0.3, -0.25) is 4.90 Å². The highest BCUT2D eigenvalue weighted by Gasteiger charge is 2.23. The normalized spacial score (nSPS) is 20.0. The molecule has 0 amide bonds. The summed E-state index contributed by atoms with van der Waals surface area (Å²) in [5.74, 6) is 1.75. The van der Waals surface area contributed by atoms with E-state index in [0.29, 0.717) is 5.92 Å². The van der Waals surface area contributed by atoms with E-state index in [0.717, 1.165) is 25.3 Å². The van der Waals surface area contributed by atoms with Gasteiger partial charge in [-0.15, -0.1) is 11.3 Å². The lowest BCUT2D eigenvalue weighted by Crippen LogP contribution is -2.33. The number of H-pyrrole nitrogens is 1. The van der Waals surface area contributed by atoms with Crippen LogP contribution in [0.5, 0.6) is 0 Å². The van der Waals surface area contributed by atoms with Crippen LogP contribution in [0.25, 0.3) is 0 Å². The molecule has 3 heterocycles. The van der Waals surface area contributed by atoms with E-state index in [-0.39, 0.29) is 0 Å². The monoisotopic (exact) mass is 304 g/mol. The minimum absolute atomic E-state index is 0.612. The molecule has 5 heteroatoms. The van der Waals surface area contributed by atoms with Crippen LogP contribution in [0.4, 0.5) is 0 Å². The number of thiazole rings is 1. The number of aromatic nitrogens is 3.